The summed E-state index contributed by atoms with van der Waals surface area (Å²) in [5, 5.41) is 20.2. The molecule has 6 rings (SSSR count). The number of hydrogen-bond acceptors (Lipinski definition) is 6. The van der Waals surface area contributed by atoms with Crippen LogP contribution < -0.4 is 62.0 Å². The number of benzene rings is 2. The summed E-state index contributed by atoms with van der Waals surface area (Å²) in [5.74, 6) is 0.471. The minimum absolute atomic E-state index is 0. The molecule has 1 unspecified atom stereocenters. The summed E-state index contributed by atoms with van der Waals surface area (Å²) in [4.78, 5) is 6.63. The van der Waals surface area contributed by atoms with Gasteiger partial charge < -0.3 is 25.8 Å². The molecule has 0 amide bonds. The van der Waals surface area contributed by atoms with E-state index < -0.39 is 6.23 Å². The number of pyridine rings is 1. The van der Waals surface area contributed by atoms with Crippen molar-refractivity contribution < 1.29 is 65.6 Å². The molecule has 2 aliphatic rings. The topological polar surface area (TPSA) is 104 Å². The Bertz CT molecular complexity index is 1460. The van der Waals surface area contributed by atoms with Crippen molar-refractivity contribution in [1.29, 1.82) is 0 Å². The first-order valence-corrected chi connectivity index (χ1v) is 12.5. The van der Waals surface area contributed by atoms with Gasteiger partial charge >= 0.3 is 51.4 Å². The molecule has 1 fully saturated rings. The van der Waals surface area contributed by atoms with Crippen LogP contribution in [0.5, 0.6) is 0 Å². The van der Waals surface area contributed by atoms with E-state index in [1.807, 2.05) is 18.2 Å². The Morgan fingerprint density at radius 3 is 2.58 bits per heavy atom. The van der Waals surface area contributed by atoms with E-state index in [4.69, 9.17) is 27.4 Å². The molecule has 38 heavy (non-hydrogen) atoms. The Labute approximate surface area is 267 Å². The van der Waals surface area contributed by atoms with Crippen LogP contribution in [0.3, 0.4) is 0 Å². The Kier molecular flexibility index (Phi) is 8.53. The van der Waals surface area contributed by atoms with E-state index >= 15 is 0 Å². The van der Waals surface area contributed by atoms with Crippen molar-refractivity contribution >= 4 is 28.8 Å². The third-order valence-corrected chi connectivity index (χ3v) is 7.06. The van der Waals surface area contributed by atoms with Crippen molar-refractivity contribution in [3.63, 3.8) is 0 Å². The fourth-order valence-electron chi connectivity index (χ4n) is 4.94. The van der Waals surface area contributed by atoms with Crippen molar-refractivity contribution in [2.24, 2.45) is 5.73 Å². The van der Waals surface area contributed by atoms with Gasteiger partial charge in [-0.2, -0.15) is 5.10 Å². The summed E-state index contributed by atoms with van der Waals surface area (Å²) in [7, 11) is 0. The van der Waals surface area contributed by atoms with E-state index in [9.17, 15) is 9.50 Å². The van der Waals surface area contributed by atoms with Crippen LogP contribution in [0.1, 0.15) is 23.0 Å². The number of ether oxygens (including phenoxy) is 1. The van der Waals surface area contributed by atoms with Gasteiger partial charge in [-0.1, -0.05) is 29.8 Å². The zero-order valence-corrected chi connectivity index (χ0v) is 24.8. The largest absolute Gasteiger partial charge is 1.00 e. The Morgan fingerprint density at radius 1 is 1.08 bits per heavy atom. The normalized spacial score (nSPS) is 15.3. The number of nitrogens with zero attached hydrogens (tertiary/aromatic N) is 5. The molecule has 1 aliphatic carbocycles. The fourth-order valence-corrected chi connectivity index (χ4v) is 5.08. The number of aryl methyl sites for hydroxylation is 1. The molecule has 0 saturated carbocycles. The second kappa shape index (κ2) is 11.7. The maximum absolute atomic E-state index is 13.6. The predicted octanol–water partition coefficient (Wildman–Crippen LogP) is 1.95. The summed E-state index contributed by atoms with van der Waals surface area (Å²) < 4.78 is 20.8. The molecule has 190 valence electrons. The van der Waals surface area contributed by atoms with Crippen LogP contribution in [0.25, 0.3) is 22.3 Å². The third kappa shape index (κ3) is 5.42. The average molecular weight is 559 g/mol. The quantitative estimate of drug-likeness (QED) is 0.287. The van der Waals surface area contributed by atoms with Crippen LogP contribution in [0.15, 0.2) is 54.7 Å². The standard InChI is InChI=1S/C27H25ClFN6O2.K/c28-22-15-31-24(34-9-11-37-12-10-34)14-23(22)32-18-5-1-16-2-8-20-25(27(30)36)33-35(26(20)21(16)13-18)19-6-3-17(29)4-7-19;/h1,3-7,13-15,27,36H,2,8-12,30H2;/q-1;+1. The van der Waals surface area contributed by atoms with Crippen molar-refractivity contribution in [2.45, 2.75) is 19.1 Å². The van der Waals surface area contributed by atoms with Crippen LogP contribution in [0.2, 0.25) is 5.02 Å². The second-order valence-electron chi connectivity index (χ2n) is 9.09. The maximum Gasteiger partial charge on any atom is 1.00 e. The summed E-state index contributed by atoms with van der Waals surface area (Å²) in [6.45, 7) is 2.84. The van der Waals surface area contributed by atoms with Gasteiger partial charge in [-0.3, -0.25) is 0 Å². The number of aromatic nitrogens is 3. The maximum atomic E-state index is 13.6. The van der Waals surface area contributed by atoms with E-state index in [-0.39, 0.29) is 57.2 Å². The molecule has 1 aliphatic heterocycles. The van der Waals surface area contributed by atoms with Gasteiger partial charge in [0.05, 0.1) is 24.6 Å². The van der Waals surface area contributed by atoms with Gasteiger partial charge in [-0.05, 0) is 48.7 Å². The fraction of sp³-hybridized carbons (Fsp3) is 0.259. The molecule has 2 aromatic carbocycles. The molecule has 8 nitrogen and oxygen atoms in total. The molecular formula is C27H25ClFKN6O2. The zero-order valence-electron chi connectivity index (χ0n) is 20.9. The Hall–Kier alpha value is -1.86. The number of rotatable bonds is 5. The van der Waals surface area contributed by atoms with Gasteiger partial charge in [-0.25, -0.2) is 14.1 Å². The number of hydrogen-bond donors (Lipinski definition) is 2. The van der Waals surface area contributed by atoms with Crippen molar-refractivity contribution in [3.8, 4) is 16.9 Å². The van der Waals surface area contributed by atoms with Gasteiger partial charge in [0, 0.05) is 35.4 Å². The van der Waals surface area contributed by atoms with Gasteiger partial charge in [0.1, 0.15) is 23.6 Å². The van der Waals surface area contributed by atoms with Crippen LogP contribution in [0.4, 0.5) is 21.6 Å². The summed E-state index contributed by atoms with van der Waals surface area (Å²) >= 11 is 6.48. The SMILES string of the molecule is NC(O)c1nn(-c2ccc(F)cc2)c2c1CCc1ccc([N-]c3cc(N4CCOCC4)ncc3Cl)cc1-2.[K+]. The second-order valence-corrected chi connectivity index (χ2v) is 9.50. The van der Waals surface area contributed by atoms with Crippen molar-refractivity contribution in [2.75, 3.05) is 31.2 Å². The molecule has 11 heteroatoms. The Morgan fingerprint density at radius 2 is 1.84 bits per heavy atom. The van der Waals surface area contributed by atoms with Crippen LogP contribution >= 0.6 is 11.6 Å². The molecule has 3 N–H and O–H groups in total. The first-order valence-electron chi connectivity index (χ1n) is 12.1. The van der Waals surface area contributed by atoms with E-state index in [1.165, 1.54) is 12.1 Å². The molecule has 0 radical (unpaired) electrons. The number of morpholine rings is 1. The average Bonchev–Trinajstić information content (AvgIpc) is 3.31. The third-order valence-electron chi connectivity index (χ3n) is 6.76. The van der Waals surface area contributed by atoms with E-state index in [0.29, 0.717) is 47.4 Å². The molecule has 3 heterocycles. The number of halogens is 2. The number of aliphatic hydroxyl groups excluding tert-OH is 1. The van der Waals surface area contributed by atoms with E-state index in [2.05, 4.69) is 21.0 Å². The van der Waals surface area contributed by atoms with Gasteiger partial charge in [-0.15, -0.1) is 11.4 Å². The minimum Gasteiger partial charge on any atom is -0.656 e. The first kappa shape index (κ1) is 27.7. The molecule has 1 saturated heterocycles. The summed E-state index contributed by atoms with van der Waals surface area (Å²) in [5.41, 5.74) is 12.1. The molecule has 2 aromatic heterocycles. The summed E-state index contributed by atoms with van der Waals surface area (Å²) in [6.07, 6.45) is 1.86. The molecule has 0 bridgehead atoms. The monoisotopic (exact) mass is 558 g/mol. The molecule has 0 spiro atoms. The zero-order chi connectivity index (χ0) is 25.5. The number of aliphatic hydroxyl groups is 1. The Balaban J connectivity index is 0.00000294. The number of anilines is 1. The van der Waals surface area contributed by atoms with E-state index in [0.717, 1.165) is 47.7 Å². The molecule has 4 aromatic rings. The first-order chi connectivity index (χ1) is 18.0. The molecular weight excluding hydrogens is 534 g/mol. The van der Waals surface area contributed by atoms with Crippen LogP contribution in [-0.4, -0.2) is 46.2 Å². The van der Waals surface area contributed by atoms with Gasteiger partial charge in [0.25, 0.3) is 0 Å². The summed E-state index contributed by atoms with van der Waals surface area (Å²) in [6, 6.07) is 14.0. The van der Waals surface area contributed by atoms with Gasteiger partial charge in [0.15, 0.2) is 0 Å². The number of fused-ring (bicyclic) bond motifs is 3. The predicted molar refractivity (Wildman–Crippen MR) is 140 cm³/mol. The number of nitrogens with two attached hydrogens (primary N) is 1. The molecule has 1 atom stereocenters. The van der Waals surface area contributed by atoms with Crippen LogP contribution in [0, 0.1) is 5.82 Å². The van der Waals surface area contributed by atoms with E-state index in [1.54, 1.807) is 23.0 Å². The van der Waals surface area contributed by atoms with Crippen molar-refractivity contribution in [3.05, 3.63) is 87.7 Å². The van der Waals surface area contributed by atoms with Crippen molar-refractivity contribution in [1.82, 2.24) is 14.8 Å². The minimum atomic E-state index is -1.22. The van der Waals surface area contributed by atoms with Gasteiger partial charge in [0.2, 0.25) is 0 Å². The smallest absolute Gasteiger partial charge is 0.656 e. The van der Waals surface area contributed by atoms with Crippen LogP contribution in [-0.2, 0) is 17.6 Å².